The van der Waals surface area contributed by atoms with Gasteiger partial charge in [-0.05, 0) is 98.3 Å². The second-order valence-corrected chi connectivity index (χ2v) is 16.9. The number of amides is 5. The third-order valence-electron chi connectivity index (χ3n) is 12.3. The zero-order chi connectivity index (χ0) is 46.4. The first kappa shape index (κ1) is 45.7. The number of carbonyl (C=O) groups excluding carboxylic acids is 5. The molecule has 5 amide bonds. The largest absolute Gasteiger partial charge is 0.416 e. The number of imidazole rings is 1. The predicted octanol–water partition coefficient (Wildman–Crippen LogP) is 6.68. The molecule has 3 aromatic carbocycles. The number of aryl methyl sites for hydroxylation is 1. The van der Waals surface area contributed by atoms with Gasteiger partial charge in [0.15, 0.2) is 5.65 Å². The first-order valence-electron chi connectivity index (χ1n) is 22.3. The number of piperidine rings is 1. The molecule has 2 fully saturated rings. The molecule has 3 N–H and O–H groups in total. The molecule has 0 radical (unpaired) electrons. The molecule has 0 spiro atoms. The molecule has 2 saturated heterocycles. The van der Waals surface area contributed by atoms with Crippen molar-refractivity contribution in [3.05, 3.63) is 124 Å². The Morgan fingerprint density at radius 2 is 1.64 bits per heavy atom. The van der Waals surface area contributed by atoms with Gasteiger partial charge in [-0.1, -0.05) is 49.8 Å². The van der Waals surface area contributed by atoms with Crippen molar-refractivity contribution < 1.29 is 37.1 Å². The fourth-order valence-electron chi connectivity index (χ4n) is 8.67. The number of carbonyl (C=O) groups is 5. The highest BCUT2D eigenvalue weighted by molar-refractivity contribution is 6.25. The average Bonchev–Trinajstić information content (AvgIpc) is 3.83. The predicted molar refractivity (Wildman–Crippen MR) is 241 cm³/mol. The second-order valence-electron chi connectivity index (χ2n) is 16.9. The van der Waals surface area contributed by atoms with E-state index in [4.69, 9.17) is 0 Å². The fraction of sp³-hybridized carbons (Fsp3) is 0.367. The van der Waals surface area contributed by atoms with Crippen LogP contribution in [0.3, 0.4) is 0 Å². The van der Waals surface area contributed by atoms with Gasteiger partial charge in [-0.15, -0.1) is 0 Å². The molecule has 66 heavy (non-hydrogen) atoms. The van der Waals surface area contributed by atoms with Gasteiger partial charge in [0.1, 0.15) is 11.7 Å². The summed E-state index contributed by atoms with van der Waals surface area (Å²) in [5.74, 6) is 3.45. The molecule has 8 rings (SSSR count). The summed E-state index contributed by atoms with van der Waals surface area (Å²) in [6, 6.07) is 16.6. The molecule has 342 valence electrons. The quantitative estimate of drug-likeness (QED) is 0.0588. The van der Waals surface area contributed by atoms with Gasteiger partial charge in [-0.2, -0.15) is 18.3 Å². The Labute approximate surface area is 379 Å². The van der Waals surface area contributed by atoms with Crippen LogP contribution in [-0.4, -0.2) is 104 Å². The van der Waals surface area contributed by atoms with Crippen LogP contribution in [0.25, 0.3) is 5.65 Å². The van der Waals surface area contributed by atoms with E-state index < -0.39 is 47.3 Å². The van der Waals surface area contributed by atoms with E-state index in [1.54, 1.807) is 59.4 Å². The van der Waals surface area contributed by atoms with Crippen LogP contribution in [0.15, 0.2) is 79.1 Å². The minimum atomic E-state index is -4.61. The molecular weight excluding hydrogens is 852 g/mol. The summed E-state index contributed by atoms with van der Waals surface area (Å²) in [5.41, 5.74) is 3.40. The zero-order valence-corrected chi connectivity index (χ0v) is 36.5. The van der Waals surface area contributed by atoms with Crippen molar-refractivity contribution in [2.24, 2.45) is 0 Å². The highest BCUT2D eigenvalue weighted by Gasteiger charge is 2.45. The molecular formula is C49H50F3N9O5. The van der Waals surface area contributed by atoms with Crippen LogP contribution >= 0.6 is 0 Å². The highest BCUT2D eigenvalue weighted by atomic mass is 19.4. The monoisotopic (exact) mass is 901 g/mol. The number of fused-ring (bicyclic) bond motifs is 2. The first-order valence-corrected chi connectivity index (χ1v) is 22.3. The SMILES string of the molecule is Cc1ccc(C(=O)Nc2ccc(CN3CCN(CCCCCCCCNc4cccc5c4C(=O)N(C4CCC(=O)NC4=O)C5=O)CC3)c(C(F)(F)F)c2)cc1C#Cc1cnc2cccnn12. The van der Waals surface area contributed by atoms with Gasteiger partial charge in [0.05, 0.1) is 22.9 Å². The maximum atomic E-state index is 14.4. The van der Waals surface area contributed by atoms with Gasteiger partial charge < -0.3 is 15.5 Å². The smallest absolute Gasteiger partial charge is 0.384 e. The van der Waals surface area contributed by atoms with Crippen LogP contribution < -0.4 is 16.0 Å². The van der Waals surface area contributed by atoms with Crippen molar-refractivity contribution >= 4 is 46.6 Å². The number of hydrogen-bond donors (Lipinski definition) is 3. The van der Waals surface area contributed by atoms with Crippen molar-refractivity contribution in [1.29, 1.82) is 0 Å². The summed E-state index contributed by atoms with van der Waals surface area (Å²) in [4.78, 5) is 73.4. The maximum Gasteiger partial charge on any atom is 0.416 e. The number of benzene rings is 3. The van der Waals surface area contributed by atoms with Crippen LogP contribution in [0.1, 0.15) is 110 Å². The molecule has 5 aromatic rings. The molecule has 2 aromatic heterocycles. The van der Waals surface area contributed by atoms with Crippen molar-refractivity contribution in [2.75, 3.05) is 49.9 Å². The maximum absolute atomic E-state index is 14.4. The lowest BCUT2D eigenvalue weighted by Crippen LogP contribution is -2.54. The van der Waals surface area contributed by atoms with Crippen LogP contribution in [-0.2, 0) is 22.3 Å². The van der Waals surface area contributed by atoms with Crippen LogP contribution in [0.2, 0.25) is 0 Å². The van der Waals surface area contributed by atoms with E-state index in [2.05, 4.69) is 42.8 Å². The van der Waals surface area contributed by atoms with Crippen LogP contribution in [0, 0.1) is 18.8 Å². The zero-order valence-electron chi connectivity index (χ0n) is 36.5. The number of aromatic nitrogens is 3. The standard InChI is InChI=1S/C49H50F3N9O5/c1-32-13-14-34(28-33(32)16-18-37-30-54-42-12-9-22-55-61(37)42)45(63)56-36-17-15-35(39(29-36)49(50,51)52)31-59-26-24-58(25-27-59)23-7-5-3-2-4-6-21-53-40-11-8-10-38-44(40)48(66)60(47(38)65)41-19-20-43(62)57-46(41)64/h8-15,17,22,28-30,41,53H,2-7,19-21,23-27,31H2,1H3,(H,56,63)(H,57,62,64). The number of alkyl halides is 3. The molecule has 5 heterocycles. The van der Waals surface area contributed by atoms with Gasteiger partial charge >= 0.3 is 6.18 Å². The molecule has 17 heteroatoms. The Morgan fingerprint density at radius 3 is 2.42 bits per heavy atom. The van der Waals surface area contributed by atoms with E-state index in [9.17, 15) is 37.1 Å². The highest BCUT2D eigenvalue weighted by Crippen LogP contribution is 2.35. The van der Waals surface area contributed by atoms with Crippen LogP contribution in [0.4, 0.5) is 24.5 Å². The number of hydrogen-bond acceptors (Lipinski definition) is 10. The third-order valence-corrected chi connectivity index (χ3v) is 12.3. The molecule has 3 aliphatic heterocycles. The molecule has 1 atom stereocenters. The van der Waals surface area contributed by atoms with Crippen LogP contribution in [0.5, 0.6) is 0 Å². The Morgan fingerprint density at radius 1 is 0.864 bits per heavy atom. The van der Waals surface area contributed by atoms with E-state index in [1.165, 1.54) is 12.1 Å². The minimum Gasteiger partial charge on any atom is -0.384 e. The Kier molecular flexibility index (Phi) is 13.9. The molecule has 0 bridgehead atoms. The van der Waals surface area contributed by atoms with Crippen molar-refractivity contribution in [2.45, 2.75) is 77.1 Å². The lowest BCUT2D eigenvalue weighted by Gasteiger charge is -2.35. The number of halogens is 3. The Balaban J connectivity index is 0.743. The normalized spacial score (nSPS) is 16.8. The number of unbranched alkanes of at least 4 members (excludes halogenated alkanes) is 5. The number of nitrogens with zero attached hydrogens (tertiary/aromatic N) is 6. The topological polar surface area (TPSA) is 161 Å². The molecule has 0 saturated carbocycles. The van der Waals surface area contributed by atoms with E-state index in [0.29, 0.717) is 42.2 Å². The van der Waals surface area contributed by atoms with E-state index in [1.807, 2.05) is 17.9 Å². The Hall–Kier alpha value is -6.90. The summed E-state index contributed by atoms with van der Waals surface area (Å²) in [5, 5.41) is 12.4. The summed E-state index contributed by atoms with van der Waals surface area (Å²) >= 11 is 0. The summed E-state index contributed by atoms with van der Waals surface area (Å²) in [6.45, 7) is 6.38. The molecule has 3 aliphatic rings. The lowest BCUT2D eigenvalue weighted by molar-refractivity contribution is -0.138. The fourth-order valence-corrected chi connectivity index (χ4v) is 8.67. The van der Waals surface area contributed by atoms with Gasteiger partial charge in [-0.25, -0.2) is 9.50 Å². The average molecular weight is 902 g/mol. The van der Waals surface area contributed by atoms with Gasteiger partial charge in [0.25, 0.3) is 17.7 Å². The second kappa shape index (κ2) is 20.1. The number of anilines is 2. The van der Waals surface area contributed by atoms with E-state index in [0.717, 1.165) is 74.7 Å². The lowest BCUT2D eigenvalue weighted by atomic mass is 10.0. The number of rotatable bonds is 15. The molecule has 1 unspecified atom stereocenters. The van der Waals surface area contributed by atoms with Gasteiger partial charge in [0, 0.05) is 74.4 Å². The number of imide groups is 2. The number of piperazine rings is 1. The third kappa shape index (κ3) is 10.5. The van der Waals surface area contributed by atoms with Gasteiger partial charge in [-0.3, -0.25) is 39.1 Å². The van der Waals surface area contributed by atoms with E-state index in [-0.39, 0.29) is 47.3 Å². The van der Waals surface area contributed by atoms with Crippen molar-refractivity contribution in [3.63, 3.8) is 0 Å². The summed E-state index contributed by atoms with van der Waals surface area (Å²) < 4.78 is 44.8. The van der Waals surface area contributed by atoms with Crippen molar-refractivity contribution in [3.8, 4) is 11.8 Å². The Bertz CT molecular complexity index is 2730. The summed E-state index contributed by atoms with van der Waals surface area (Å²) in [6.07, 6.45) is 4.85. The van der Waals surface area contributed by atoms with Crippen molar-refractivity contribution in [1.82, 2.24) is 34.6 Å². The molecule has 14 nitrogen and oxygen atoms in total. The first-order chi connectivity index (χ1) is 31.8. The number of nitrogens with one attached hydrogen (secondary N) is 3. The molecule has 0 aliphatic carbocycles. The van der Waals surface area contributed by atoms with E-state index >= 15 is 0 Å². The minimum absolute atomic E-state index is 0.0515. The van der Waals surface area contributed by atoms with Gasteiger partial charge in [0.2, 0.25) is 11.8 Å². The summed E-state index contributed by atoms with van der Waals surface area (Å²) in [7, 11) is 0.